The van der Waals surface area contributed by atoms with Gasteiger partial charge in [-0.3, -0.25) is 10.1 Å². The fraction of sp³-hybridized carbons (Fsp3) is 0.111. The van der Waals surface area contributed by atoms with E-state index in [1.165, 1.54) is 42.5 Å². The van der Waals surface area contributed by atoms with E-state index in [-0.39, 0.29) is 22.3 Å². The minimum Gasteiger partial charge on any atom is -0.436 e. The Labute approximate surface area is 165 Å². The molecule has 2 aromatic carbocycles. The van der Waals surface area contributed by atoms with E-state index in [4.69, 9.17) is 4.74 Å². The summed E-state index contributed by atoms with van der Waals surface area (Å²) in [5, 5.41) is 10.4. The molecule has 0 unspecified atom stereocenters. The summed E-state index contributed by atoms with van der Waals surface area (Å²) in [7, 11) is 0. The van der Waals surface area contributed by atoms with Crippen LogP contribution in [0.4, 0.5) is 23.2 Å². The lowest BCUT2D eigenvalue weighted by molar-refractivity contribution is -0.384. The minimum atomic E-state index is -4.75. The van der Waals surface area contributed by atoms with Crippen molar-refractivity contribution in [2.45, 2.75) is 17.1 Å². The van der Waals surface area contributed by atoms with Crippen LogP contribution in [0.5, 0.6) is 11.6 Å². The largest absolute Gasteiger partial charge is 0.436 e. The van der Waals surface area contributed by atoms with Gasteiger partial charge in [0.15, 0.2) is 22.4 Å². The minimum absolute atomic E-state index is 0.102. The Kier molecular flexibility index (Phi) is 5.97. The van der Waals surface area contributed by atoms with Crippen LogP contribution in [-0.4, -0.2) is 14.9 Å². The molecular weight excluding hydrogens is 414 g/mol. The first kappa shape index (κ1) is 20.5. The van der Waals surface area contributed by atoms with Crippen molar-refractivity contribution in [2.75, 3.05) is 0 Å². The molecule has 1 heterocycles. The number of alkyl halides is 3. The topological polar surface area (TPSA) is 78.2 Å². The molecule has 1 aromatic heterocycles. The van der Waals surface area contributed by atoms with Crippen molar-refractivity contribution in [3.8, 4) is 11.6 Å². The first-order valence-corrected chi connectivity index (χ1v) is 8.96. The van der Waals surface area contributed by atoms with Gasteiger partial charge < -0.3 is 4.74 Å². The smallest absolute Gasteiger partial charge is 0.433 e. The highest BCUT2D eigenvalue weighted by atomic mass is 32.2. The number of halogens is 4. The predicted octanol–water partition coefficient (Wildman–Crippen LogP) is 5.63. The van der Waals surface area contributed by atoms with Gasteiger partial charge in [0, 0.05) is 24.0 Å². The highest BCUT2D eigenvalue weighted by molar-refractivity contribution is 7.98. The third kappa shape index (κ3) is 5.41. The molecule has 0 aliphatic heterocycles. The number of non-ortho nitro benzene ring substituents is 1. The maximum Gasteiger partial charge on any atom is 0.433 e. The molecule has 0 saturated carbocycles. The van der Waals surface area contributed by atoms with Gasteiger partial charge in [0.25, 0.3) is 5.69 Å². The number of nitrogens with zero attached hydrogens (tertiary/aromatic N) is 3. The van der Waals surface area contributed by atoms with E-state index < -0.39 is 28.5 Å². The van der Waals surface area contributed by atoms with Gasteiger partial charge in [0.1, 0.15) is 0 Å². The summed E-state index contributed by atoms with van der Waals surface area (Å²) < 4.78 is 58.4. The van der Waals surface area contributed by atoms with Gasteiger partial charge in [-0.15, -0.1) is 0 Å². The van der Waals surface area contributed by atoms with Crippen LogP contribution in [0.25, 0.3) is 0 Å². The maximum absolute atomic E-state index is 13.7. The second-order valence-corrected chi connectivity index (χ2v) is 6.56. The number of nitro groups is 1. The SMILES string of the molecule is O=[N+]([O-])c1ccc(CSc2nc(Oc3ccccc3F)cc(C(F)(F)F)n2)cc1. The Bertz CT molecular complexity index is 1030. The molecular formula is C18H11F4N3O3S. The summed E-state index contributed by atoms with van der Waals surface area (Å²) in [6.07, 6.45) is -4.75. The zero-order valence-corrected chi connectivity index (χ0v) is 15.2. The van der Waals surface area contributed by atoms with Gasteiger partial charge in [-0.1, -0.05) is 36.0 Å². The van der Waals surface area contributed by atoms with Gasteiger partial charge in [-0.25, -0.2) is 9.37 Å². The van der Waals surface area contributed by atoms with E-state index >= 15 is 0 Å². The molecule has 0 amide bonds. The summed E-state index contributed by atoms with van der Waals surface area (Å²) in [5.74, 6) is -1.31. The van der Waals surface area contributed by atoms with Crippen molar-refractivity contribution in [3.63, 3.8) is 0 Å². The van der Waals surface area contributed by atoms with Crippen LogP contribution >= 0.6 is 11.8 Å². The van der Waals surface area contributed by atoms with Gasteiger partial charge in [-0.2, -0.15) is 18.2 Å². The Morgan fingerprint density at radius 2 is 1.76 bits per heavy atom. The molecule has 0 saturated heterocycles. The number of para-hydroxylation sites is 1. The van der Waals surface area contributed by atoms with Crippen molar-refractivity contribution in [3.05, 3.63) is 81.8 Å². The van der Waals surface area contributed by atoms with Crippen LogP contribution in [0.15, 0.2) is 59.8 Å². The standard InChI is InChI=1S/C18H11F4N3O3S/c19-13-3-1-2-4-14(13)28-16-9-15(18(20,21)22)23-17(24-16)29-10-11-5-7-12(8-6-11)25(26)27/h1-9H,10H2. The summed E-state index contributed by atoms with van der Waals surface area (Å²) in [5.41, 5.74) is -0.710. The summed E-state index contributed by atoms with van der Waals surface area (Å²) in [6.45, 7) is 0. The third-order valence-electron chi connectivity index (χ3n) is 3.54. The summed E-state index contributed by atoms with van der Waals surface area (Å²) in [6, 6.07) is 11.4. The summed E-state index contributed by atoms with van der Waals surface area (Å²) in [4.78, 5) is 17.5. The van der Waals surface area contributed by atoms with Crippen LogP contribution < -0.4 is 4.74 Å². The molecule has 0 aliphatic rings. The van der Waals surface area contributed by atoms with E-state index in [9.17, 15) is 27.7 Å². The van der Waals surface area contributed by atoms with E-state index in [2.05, 4.69) is 9.97 Å². The number of aromatic nitrogens is 2. The van der Waals surface area contributed by atoms with E-state index in [0.717, 1.165) is 17.8 Å². The number of nitro benzene ring substituents is 1. The molecule has 3 rings (SSSR count). The second kappa shape index (κ2) is 8.43. The lowest BCUT2D eigenvalue weighted by Crippen LogP contribution is -2.10. The second-order valence-electron chi connectivity index (χ2n) is 5.62. The van der Waals surface area contributed by atoms with Crippen LogP contribution in [0.2, 0.25) is 0 Å². The molecule has 0 bridgehead atoms. The number of benzene rings is 2. The molecule has 3 aromatic rings. The van der Waals surface area contributed by atoms with Crippen LogP contribution in [0, 0.1) is 15.9 Å². The average Bonchev–Trinajstić information content (AvgIpc) is 2.68. The molecule has 0 atom stereocenters. The van der Waals surface area contributed by atoms with Crippen molar-refractivity contribution in [2.24, 2.45) is 0 Å². The summed E-state index contributed by atoms with van der Waals surface area (Å²) >= 11 is 0.881. The number of hydrogen-bond acceptors (Lipinski definition) is 6. The zero-order valence-electron chi connectivity index (χ0n) is 14.4. The quantitative estimate of drug-likeness (QED) is 0.168. The molecule has 150 valence electrons. The number of rotatable bonds is 6. The molecule has 0 fully saturated rings. The van der Waals surface area contributed by atoms with Crippen molar-refractivity contribution in [1.82, 2.24) is 9.97 Å². The van der Waals surface area contributed by atoms with Crippen molar-refractivity contribution in [1.29, 1.82) is 0 Å². The normalized spacial score (nSPS) is 11.3. The fourth-order valence-corrected chi connectivity index (χ4v) is 2.97. The maximum atomic E-state index is 13.7. The Balaban J connectivity index is 1.83. The van der Waals surface area contributed by atoms with Crippen molar-refractivity contribution >= 4 is 17.4 Å². The zero-order chi connectivity index (χ0) is 21.0. The monoisotopic (exact) mass is 425 g/mol. The van der Waals surface area contributed by atoms with Crippen molar-refractivity contribution < 1.29 is 27.2 Å². The number of ether oxygens (including phenoxy) is 1. The average molecular weight is 425 g/mol. The van der Waals surface area contributed by atoms with Gasteiger partial charge >= 0.3 is 6.18 Å². The molecule has 0 N–H and O–H groups in total. The molecule has 29 heavy (non-hydrogen) atoms. The lowest BCUT2D eigenvalue weighted by atomic mass is 10.2. The highest BCUT2D eigenvalue weighted by Gasteiger charge is 2.34. The van der Waals surface area contributed by atoms with Crippen LogP contribution in [-0.2, 0) is 11.9 Å². The molecule has 6 nitrogen and oxygen atoms in total. The molecule has 0 spiro atoms. The van der Waals surface area contributed by atoms with Gasteiger partial charge in [0.2, 0.25) is 5.88 Å². The van der Waals surface area contributed by atoms with Crippen LogP contribution in [0.3, 0.4) is 0 Å². The Hall–Kier alpha value is -3.21. The predicted molar refractivity (Wildman–Crippen MR) is 96.2 cm³/mol. The Morgan fingerprint density at radius 3 is 2.38 bits per heavy atom. The number of hydrogen-bond donors (Lipinski definition) is 0. The van der Waals surface area contributed by atoms with Crippen LogP contribution in [0.1, 0.15) is 11.3 Å². The third-order valence-corrected chi connectivity index (χ3v) is 4.46. The van der Waals surface area contributed by atoms with E-state index in [0.29, 0.717) is 11.6 Å². The first-order valence-electron chi connectivity index (χ1n) is 7.97. The van der Waals surface area contributed by atoms with E-state index in [1.807, 2.05) is 0 Å². The molecule has 11 heteroatoms. The highest BCUT2D eigenvalue weighted by Crippen LogP contribution is 2.33. The lowest BCUT2D eigenvalue weighted by Gasteiger charge is -2.11. The Morgan fingerprint density at radius 1 is 1.07 bits per heavy atom. The fourth-order valence-electron chi connectivity index (χ4n) is 2.17. The van der Waals surface area contributed by atoms with Gasteiger partial charge in [0.05, 0.1) is 4.92 Å². The van der Waals surface area contributed by atoms with Gasteiger partial charge in [-0.05, 0) is 17.7 Å². The molecule has 0 aliphatic carbocycles. The molecule has 0 radical (unpaired) electrons. The number of thioether (sulfide) groups is 1. The first-order chi connectivity index (χ1) is 13.7. The van der Waals surface area contributed by atoms with E-state index in [1.54, 1.807) is 0 Å².